The molecule has 2 fully saturated rings. The van der Waals surface area contributed by atoms with Crippen molar-refractivity contribution >= 4 is 0 Å². The van der Waals surface area contributed by atoms with Crippen LogP contribution in [0.2, 0.25) is 0 Å². The van der Waals surface area contributed by atoms with E-state index in [1.807, 2.05) is 0 Å². The van der Waals surface area contributed by atoms with Crippen LogP contribution in [-0.2, 0) is 9.47 Å². The number of allylic oxidation sites excluding steroid dienone is 2. The first-order chi connectivity index (χ1) is 13.0. The van der Waals surface area contributed by atoms with Crippen molar-refractivity contribution in [3.63, 3.8) is 0 Å². The maximum absolute atomic E-state index is 13.9. The van der Waals surface area contributed by atoms with Crippen LogP contribution in [0.1, 0.15) is 71.1 Å². The van der Waals surface area contributed by atoms with E-state index >= 15 is 0 Å². The maximum Gasteiger partial charge on any atom is 0.203 e. The molecule has 154 valence electrons. The van der Waals surface area contributed by atoms with Crippen LogP contribution >= 0.6 is 0 Å². The molecule has 0 radical (unpaired) electrons. The van der Waals surface area contributed by atoms with E-state index in [2.05, 4.69) is 24.8 Å². The third-order valence-corrected chi connectivity index (χ3v) is 6.57. The molecule has 0 saturated heterocycles. The largest absolute Gasteiger partial charge is 0.494 e. The summed E-state index contributed by atoms with van der Waals surface area (Å²) in [7, 11) is 1.24. The van der Waals surface area contributed by atoms with Crippen molar-refractivity contribution in [3.8, 4) is 0 Å². The van der Waals surface area contributed by atoms with Gasteiger partial charge in [-0.2, -0.15) is 8.78 Å². The van der Waals surface area contributed by atoms with Gasteiger partial charge in [0.2, 0.25) is 11.7 Å². The van der Waals surface area contributed by atoms with E-state index in [4.69, 9.17) is 4.74 Å². The molecule has 0 N–H and O–H groups in total. The summed E-state index contributed by atoms with van der Waals surface area (Å²) >= 11 is 0. The minimum absolute atomic E-state index is 0.276. The van der Waals surface area contributed by atoms with Gasteiger partial charge in [0.15, 0.2) is 11.5 Å². The Bertz CT molecular complexity index is 524. The molecule has 0 aromatic rings. The Balaban J connectivity index is 1.70. The molecule has 0 heterocycles. The monoisotopic (exact) mass is 382 g/mol. The average molecular weight is 383 g/mol. The highest BCUT2D eigenvalue weighted by atomic mass is 19.2. The highest BCUT2D eigenvalue weighted by Gasteiger charge is 2.31. The predicted molar refractivity (Wildman–Crippen MR) is 106 cm³/mol. The lowest BCUT2D eigenvalue weighted by Crippen LogP contribution is -2.27. The number of methoxy groups -OCH3 is 1. The Kier molecular flexibility index (Phi) is 8.85. The number of ether oxygens (including phenoxy) is 2. The van der Waals surface area contributed by atoms with Gasteiger partial charge < -0.3 is 9.47 Å². The first-order valence-corrected chi connectivity index (χ1v) is 10.6. The molecule has 2 saturated carbocycles. The molecular formula is C23H36F2O2. The van der Waals surface area contributed by atoms with Crippen LogP contribution in [0.5, 0.6) is 0 Å². The lowest BCUT2D eigenvalue weighted by atomic mass is 9.69. The Labute approximate surface area is 163 Å². The van der Waals surface area contributed by atoms with Gasteiger partial charge in [0.1, 0.15) is 0 Å². The lowest BCUT2D eigenvalue weighted by Gasteiger charge is -2.37. The minimum Gasteiger partial charge on any atom is -0.494 e. The zero-order chi connectivity index (χ0) is 19.8. The summed E-state index contributed by atoms with van der Waals surface area (Å²) in [5.74, 6) is 0.184. The van der Waals surface area contributed by atoms with E-state index in [9.17, 15) is 8.78 Å². The Morgan fingerprint density at radius 2 is 1.30 bits per heavy atom. The summed E-state index contributed by atoms with van der Waals surface area (Å²) < 4.78 is 37.6. The van der Waals surface area contributed by atoms with E-state index in [-0.39, 0.29) is 11.5 Å². The average Bonchev–Trinajstić information content (AvgIpc) is 2.71. The van der Waals surface area contributed by atoms with E-state index < -0.39 is 11.7 Å². The smallest absolute Gasteiger partial charge is 0.203 e. The minimum atomic E-state index is -1.15. The van der Waals surface area contributed by atoms with Crippen LogP contribution in [-0.4, -0.2) is 13.7 Å². The molecule has 0 bridgehead atoms. The second-order valence-corrected chi connectivity index (χ2v) is 8.34. The number of halogens is 2. The molecule has 0 atom stereocenters. The third kappa shape index (κ3) is 6.36. The fourth-order valence-corrected chi connectivity index (χ4v) is 4.80. The van der Waals surface area contributed by atoms with Gasteiger partial charge in [-0.15, -0.1) is 0 Å². The van der Waals surface area contributed by atoms with Gasteiger partial charge in [-0.25, -0.2) is 0 Å². The SMILES string of the molecule is C=C(OC)/C(F)=C(/F)C(=C)OCC1CCC(C2CCC(CCC)CC2)CC1. The summed E-state index contributed by atoms with van der Waals surface area (Å²) in [4.78, 5) is 0. The third-order valence-electron chi connectivity index (χ3n) is 6.57. The van der Waals surface area contributed by atoms with Crippen molar-refractivity contribution in [2.24, 2.45) is 23.7 Å². The normalized spacial score (nSPS) is 29.6. The van der Waals surface area contributed by atoms with Crippen LogP contribution in [0.15, 0.2) is 36.3 Å². The van der Waals surface area contributed by atoms with Crippen molar-refractivity contribution in [2.75, 3.05) is 13.7 Å². The highest BCUT2D eigenvalue weighted by Crippen LogP contribution is 2.42. The second-order valence-electron chi connectivity index (χ2n) is 8.34. The van der Waals surface area contributed by atoms with E-state index in [1.165, 1.54) is 58.5 Å². The van der Waals surface area contributed by atoms with Gasteiger partial charge in [0.05, 0.1) is 13.7 Å². The van der Waals surface area contributed by atoms with E-state index in [1.54, 1.807) is 0 Å². The van der Waals surface area contributed by atoms with Gasteiger partial charge in [-0.1, -0.05) is 45.8 Å². The molecule has 4 heteroatoms. The molecule has 0 unspecified atom stereocenters. The predicted octanol–water partition coefficient (Wildman–Crippen LogP) is 7.24. The number of hydrogen-bond acceptors (Lipinski definition) is 2. The molecule has 0 amide bonds. The molecular weight excluding hydrogens is 346 g/mol. The van der Waals surface area contributed by atoms with Crippen LogP contribution in [0.4, 0.5) is 8.78 Å². The van der Waals surface area contributed by atoms with Gasteiger partial charge in [-0.3, -0.25) is 0 Å². The quantitative estimate of drug-likeness (QED) is 0.309. The Morgan fingerprint density at radius 3 is 1.78 bits per heavy atom. The molecule has 0 aliphatic heterocycles. The first-order valence-electron chi connectivity index (χ1n) is 10.6. The Hall–Kier alpha value is -1.32. The van der Waals surface area contributed by atoms with Crippen molar-refractivity contribution < 1.29 is 18.3 Å². The molecule has 2 aliphatic carbocycles. The van der Waals surface area contributed by atoms with Crippen molar-refractivity contribution in [1.29, 1.82) is 0 Å². The number of hydrogen-bond donors (Lipinski definition) is 0. The topological polar surface area (TPSA) is 18.5 Å². The van der Waals surface area contributed by atoms with Gasteiger partial charge in [0, 0.05) is 0 Å². The maximum atomic E-state index is 13.9. The number of rotatable bonds is 9. The summed E-state index contributed by atoms with van der Waals surface area (Å²) in [6.07, 6.45) is 13.0. The highest BCUT2D eigenvalue weighted by molar-refractivity contribution is 5.29. The second kappa shape index (κ2) is 10.9. The van der Waals surface area contributed by atoms with Crippen LogP contribution in [0.3, 0.4) is 0 Å². The van der Waals surface area contributed by atoms with Gasteiger partial charge in [-0.05, 0) is 62.2 Å². The van der Waals surface area contributed by atoms with Crippen LogP contribution in [0, 0.1) is 23.7 Å². The molecule has 27 heavy (non-hydrogen) atoms. The van der Waals surface area contributed by atoms with Gasteiger partial charge >= 0.3 is 0 Å². The standard InChI is InChI=1S/C23H36F2O2/c1-5-6-18-7-11-20(12-8-18)21-13-9-19(10-14-21)15-27-17(3)23(25)22(24)16(2)26-4/h18-21H,2-3,5-15H2,1,4H3/b23-22-. The fourth-order valence-electron chi connectivity index (χ4n) is 4.80. The lowest BCUT2D eigenvalue weighted by molar-refractivity contribution is 0.0978. The first kappa shape index (κ1) is 22.0. The molecule has 0 aromatic carbocycles. The van der Waals surface area contributed by atoms with Crippen LogP contribution < -0.4 is 0 Å². The fraction of sp³-hybridized carbons (Fsp3) is 0.739. The van der Waals surface area contributed by atoms with Crippen molar-refractivity contribution in [3.05, 3.63) is 36.3 Å². The van der Waals surface area contributed by atoms with Gasteiger partial charge in [0.25, 0.3) is 0 Å². The van der Waals surface area contributed by atoms with Crippen molar-refractivity contribution in [1.82, 2.24) is 0 Å². The summed E-state index contributed by atoms with van der Waals surface area (Å²) in [5, 5.41) is 0. The molecule has 2 aliphatic rings. The Morgan fingerprint density at radius 1 is 0.815 bits per heavy atom. The summed E-state index contributed by atoms with van der Waals surface area (Å²) in [5.41, 5.74) is 0. The van der Waals surface area contributed by atoms with E-state index in [0.29, 0.717) is 12.5 Å². The van der Waals surface area contributed by atoms with Crippen molar-refractivity contribution in [2.45, 2.75) is 71.1 Å². The molecule has 2 nitrogen and oxygen atoms in total. The molecule has 2 rings (SSSR count). The van der Waals surface area contributed by atoms with Crippen LogP contribution in [0.25, 0.3) is 0 Å². The van der Waals surface area contributed by atoms with E-state index in [0.717, 1.165) is 30.6 Å². The zero-order valence-electron chi connectivity index (χ0n) is 17.1. The summed E-state index contributed by atoms with van der Waals surface area (Å²) in [6, 6.07) is 0. The summed E-state index contributed by atoms with van der Waals surface area (Å²) in [6.45, 7) is 9.48. The molecule has 0 spiro atoms. The molecule has 0 aromatic heterocycles. The zero-order valence-corrected chi connectivity index (χ0v) is 17.1.